The molecule has 2 aromatic carbocycles. The molecule has 0 aliphatic carbocycles. The van der Waals surface area contributed by atoms with Crippen molar-refractivity contribution in [3.05, 3.63) is 82.4 Å². The number of benzene rings is 2. The number of likely N-dealkylation sites (tertiary alicyclic amines) is 1. The number of carboxylic acids is 1. The summed E-state index contributed by atoms with van der Waals surface area (Å²) in [5.41, 5.74) is 2.30. The number of aromatic carboxylic acids is 1. The van der Waals surface area contributed by atoms with E-state index in [0.717, 1.165) is 6.42 Å². The van der Waals surface area contributed by atoms with Crippen molar-refractivity contribution >= 4 is 28.6 Å². The fourth-order valence-electron chi connectivity index (χ4n) is 6.16. The van der Waals surface area contributed by atoms with Gasteiger partial charge in [-0.2, -0.15) is 0 Å². The van der Waals surface area contributed by atoms with Gasteiger partial charge in [-0.1, -0.05) is 23.7 Å². The van der Waals surface area contributed by atoms with Crippen molar-refractivity contribution in [1.82, 2.24) is 19.4 Å². The highest BCUT2D eigenvalue weighted by molar-refractivity contribution is 6.30. The molecule has 12 heteroatoms. The number of nitrogens with zero attached hydrogens (tertiary/aromatic N) is 4. The van der Waals surface area contributed by atoms with Crippen LogP contribution in [0.3, 0.4) is 0 Å². The standard InChI is InChI=1S/C31H29ClF2N4O5/c1-30(26-8-6-19(32)14-35-26)42-25-4-2-3-21(28(25)43-30)22-9-11-37(17-31(22,33)34)16-27-36-23-7-5-18(29(39)40)13-24(23)38(27)15-20-10-12-41-20/h2-8,13-14,20,22H,9-12,15-17H2,1H3,(H,39,40)/t20-,22?,30+/m0/s1. The molecular formula is C31H29ClF2N4O5. The minimum Gasteiger partial charge on any atom is -0.478 e. The minimum atomic E-state index is -3.07. The Kier molecular flexibility index (Phi) is 6.79. The number of carbonyl (C=O) groups is 1. The zero-order valence-corrected chi connectivity index (χ0v) is 24.1. The van der Waals surface area contributed by atoms with Gasteiger partial charge in [0, 0.05) is 25.3 Å². The summed E-state index contributed by atoms with van der Waals surface area (Å²) in [7, 11) is 0. The van der Waals surface area contributed by atoms with Crippen molar-refractivity contribution < 1.29 is 32.9 Å². The van der Waals surface area contributed by atoms with E-state index in [-0.39, 0.29) is 24.6 Å². The van der Waals surface area contributed by atoms with E-state index in [9.17, 15) is 9.90 Å². The molecule has 43 heavy (non-hydrogen) atoms. The number of imidazole rings is 1. The number of alkyl halides is 2. The number of hydrogen-bond donors (Lipinski definition) is 1. The smallest absolute Gasteiger partial charge is 0.335 e. The number of hydrogen-bond acceptors (Lipinski definition) is 7. The average Bonchev–Trinajstić information content (AvgIpc) is 3.47. The van der Waals surface area contributed by atoms with Crippen molar-refractivity contribution in [1.29, 1.82) is 0 Å². The number of pyridine rings is 1. The molecule has 0 saturated carbocycles. The predicted octanol–water partition coefficient (Wildman–Crippen LogP) is 5.84. The Hall–Kier alpha value is -3.80. The first-order valence-corrected chi connectivity index (χ1v) is 14.5. The van der Waals surface area contributed by atoms with Crippen LogP contribution in [-0.2, 0) is 23.6 Å². The van der Waals surface area contributed by atoms with Gasteiger partial charge in [-0.25, -0.2) is 18.6 Å². The maximum absolute atomic E-state index is 16.0. The van der Waals surface area contributed by atoms with Crippen LogP contribution in [0.15, 0.2) is 54.7 Å². The molecule has 0 spiro atoms. The largest absolute Gasteiger partial charge is 0.478 e. The number of halogens is 3. The minimum absolute atomic E-state index is 0.0204. The molecule has 1 unspecified atom stereocenters. The number of aromatic nitrogens is 3. The third-order valence-electron chi connectivity index (χ3n) is 8.48. The van der Waals surface area contributed by atoms with Crippen LogP contribution in [0.2, 0.25) is 5.02 Å². The van der Waals surface area contributed by atoms with Gasteiger partial charge < -0.3 is 23.9 Å². The van der Waals surface area contributed by atoms with E-state index in [2.05, 4.69) is 4.98 Å². The molecule has 7 rings (SSSR count). The maximum atomic E-state index is 16.0. The van der Waals surface area contributed by atoms with Crippen LogP contribution in [0.1, 0.15) is 53.1 Å². The molecule has 4 aromatic rings. The Morgan fingerprint density at radius 3 is 2.70 bits per heavy atom. The van der Waals surface area contributed by atoms with E-state index in [0.29, 0.717) is 64.3 Å². The van der Waals surface area contributed by atoms with E-state index < -0.39 is 30.1 Å². The Bertz CT molecular complexity index is 1710. The van der Waals surface area contributed by atoms with Gasteiger partial charge in [0.05, 0.1) is 53.3 Å². The van der Waals surface area contributed by atoms with E-state index in [1.54, 1.807) is 54.3 Å². The Labute approximate surface area is 251 Å². The van der Waals surface area contributed by atoms with E-state index in [1.165, 1.54) is 12.3 Å². The van der Waals surface area contributed by atoms with E-state index >= 15 is 8.78 Å². The number of ether oxygens (including phenoxy) is 3. The summed E-state index contributed by atoms with van der Waals surface area (Å²) >= 11 is 5.99. The molecule has 2 saturated heterocycles. The first-order chi connectivity index (χ1) is 20.6. The van der Waals surface area contributed by atoms with Crippen LogP contribution >= 0.6 is 11.6 Å². The highest BCUT2D eigenvalue weighted by Crippen LogP contribution is 2.52. The molecular weight excluding hydrogens is 582 g/mol. The summed E-state index contributed by atoms with van der Waals surface area (Å²) in [5.74, 6) is -5.17. The van der Waals surface area contributed by atoms with Crippen molar-refractivity contribution in [2.75, 3.05) is 19.7 Å². The van der Waals surface area contributed by atoms with Crippen LogP contribution in [0.5, 0.6) is 11.5 Å². The lowest BCUT2D eigenvalue weighted by atomic mass is 9.85. The summed E-state index contributed by atoms with van der Waals surface area (Å²) in [6.45, 7) is 2.98. The van der Waals surface area contributed by atoms with Gasteiger partial charge >= 0.3 is 5.97 Å². The van der Waals surface area contributed by atoms with Gasteiger partial charge in [0.15, 0.2) is 11.5 Å². The number of carboxylic acid groups (broad SMARTS) is 1. The molecule has 9 nitrogen and oxygen atoms in total. The van der Waals surface area contributed by atoms with Crippen molar-refractivity contribution in [2.24, 2.45) is 0 Å². The fraction of sp³-hybridized carbons (Fsp3) is 0.387. The fourth-order valence-corrected chi connectivity index (χ4v) is 6.27. The van der Waals surface area contributed by atoms with Crippen LogP contribution < -0.4 is 9.47 Å². The predicted molar refractivity (Wildman–Crippen MR) is 153 cm³/mol. The first-order valence-electron chi connectivity index (χ1n) is 14.2. The van der Waals surface area contributed by atoms with Gasteiger partial charge in [0.25, 0.3) is 11.7 Å². The summed E-state index contributed by atoms with van der Waals surface area (Å²) < 4.78 is 51.8. The number of piperidine rings is 1. The summed E-state index contributed by atoms with van der Waals surface area (Å²) in [6, 6.07) is 13.2. The molecule has 2 fully saturated rings. The van der Waals surface area contributed by atoms with Crippen molar-refractivity contribution in [2.45, 2.75) is 56.6 Å². The maximum Gasteiger partial charge on any atom is 0.335 e. The quantitative estimate of drug-likeness (QED) is 0.279. The third kappa shape index (κ3) is 5.09. The van der Waals surface area contributed by atoms with Crippen LogP contribution in [-0.4, -0.2) is 62.2 Å². The number of fused-ring (bicyclic) bond motifs is 2. The Morgan fingerprint density at radius 2 is 2.00 bits per heavy atom. The summed E-state index contributed by atoms with van der Waals surface area (Å²) in [5, 5.41) is 9.97. The van der Waals surface area contributed by atoms with Gasteiger partial charge in [-0.3, -0.25) is 9.88 Å². The average molecular weight is 611 g/mol. The lowest BCUT2D eigenvalue weighted by Gasteiger charge is -2.39. The normalized spacial score (nSPS) is 24.7. The molecule has 0 bridgehead atoms. The molecule has 5 heterocycles. The van der Waals surface area contributed by atoms with Gasteiger partial charge in [0.2, 0.25) is 0 Å². The van der Waals surface area contributed by atoms with Crippen LogP contribution in [0.25, 0.3) is 11.0 Å². The molecule has 1 N–H and O–H groups in total. The second-order valence-electron chi connectivity index (χ2n) is 11.4. The summed E-state index contributed by atoms with van der Waals surface area (Å²) in [4.78, 5) is 22.3. The van der Waals surface area contributed by atoms with E-state index in [4.69, 9.17) is 30.8 Å². The first kappa shape index (κ1) is 28.0. The highest BCUT2D eigenvalue weighted by Gasteiger charge is 2.49. The van der Waals surface area contributed by atoms with Gasteiger partial charge in [0.1, 0.15) is 11.5 Å². The monoisotopic (exact) mass is 610 g/mol. The molecule has 0 amide bonds. The Balaban J connectivity index is 1.13. The van der Waals surface area contributed by atoms with Gasteiger partial charge in [-0.15, -0.1) is 0 Å². The lowest BCUT2D eigenvalue weighted by Crippen LogP contribution is -2.47. The second kappa shape index (κ2) is 10.4. The molecule has 2 aromatic heterocycles. The summed E-state index contributed by atoms with van der Waals surface area (Å²) in [6.07, 6.45) is 2.54. The number of rotatable bonds is 7. The molecule has 0 radical (unpaired) electrons. The Morgan fingerprint density at radius 1 is 1.16 bits per heavy atom. The second-order valence-corrected chi connectivity index (χ2v) is 11.9. The number of para-hydroxylation sites is 1. The molecule has 3 atom stereocenters. The van der Waals surface area contributed by atoms with Crippen molar-refractivity contribution in [3.63, 3.8) is 0 Å². The van der Waals surface area contributed by atoms with Gasteiger partial charge in [-0.05, 0) is 55.8 Å². The van der Waals surface area contributed by atoms with Crippen molar-refractivity contribution in [3.8, 4) is 11.5 Å². The topological polar surface area (TPSA) is 98.9 Å². The third-order valence-corrected chi connectivity index (χ3v) is 8.70. The zero-order valence-electron chi connectivity index (χ0n) is 23.3. The molecule has 224 valence electrons. The lowest BCUT2D eigenvalue weighted by molar-refractivity contribution is -0.0901. The van der Waals surface area contributed by atoms with Crippen LogP contribution in [0.4, 0.5) is 8.78 Å². The zero-order chi connectivity index (χ0) is 29.9. The van der Waals surface area contributed by atoms with Crippen LogP contribution in [0, 0.1) is 0 Å². The SMILES string of the molecule is C[C@@]1(c2ccc(Cl)cn2)Oc2cccc(C3CCN(Cc4nc5ccc(C(=O)O)cc5n4C[C@@H]4CCO4)CC3(F)F)c2O1. The van der Waals surface area contributed by atoms with E-state index in [1.807, 2.05) is 4.57 Å². The highest BCUT2D eigenvalue weighted by atomic mass is 35.5. The molecule has 3 aliphatic rings. The molecule has 3 aliphatic heterocycles.